The van der Waals surface area contributed by atoms with Gasteiger partial charge < -0.3 is 25.4 Å². The monoisotopic (exact) mass is 545 g/mol. The largest absolute Gasteiger partial charge is 0.356 e. The van der Waals surface area contributed by atoms with E-state index < -0.39 is 6.41 Å². The predicted molar refractivity (Wildman–Crippen MR) is 154 cm³/mol. The summed E-state index contributed by atoms with van der Waals surface area (Å²) in [4.78, 5) is 21.9. The Morgan fingerprint density at radius 1 is 1.12 bits per heavy atom. The van der Waals surface area contributed by atoms with E-state index in [0.717, 1.165) is 62.3 Å². The summed E-state index contributed by atoms with van der Waals surface area (Å²) in [6, 6.07) is 11.6. The Bertz CT molecular complexity index is 1350. The van der Waals surface area contributed by atoms with Gasteiger partial charge in [-0.1, -0.05) is 6.08 Å². The van der Waals surface area contributed by atoms with Crippen LogP contribution in [-0.4, -0.2) is 87.7 Å². The molecule has 0 aliphatic carbocycles. The van der Waals surface area contributed by atoms with E-state index in [9.17, 15) is 9.90 Å². The number of fused-ring (bicyclic) bond motifs is 1. The molecule has 3 aliphatic rings. The second kappa shape index (κ2) is 11.7. The van der Waals surface area contributed by atoms with Crippen LogP contribution in [0.3, 0.4) is 0 Å². The standard InChI is InChI=1S/C30H39N7O3/c1-2-40-29(39)36-18-9-22(10-19-36)25-4-3-17-37-26(25)33-28(34-37)32-24-7-5-23(6-8-24)27(38)35-20-13-30(14-21-35)11-15-31-16-12-30/h3-9,17,29,31,39H,2,10-16,18-21H2,1H3,(H,32,34). The van der Waals surface area contributed by atoms with E-state index in [2.05, 4.69) is 27.9 Å². The number of carbonyl (C=O) groups is 1. The van der Waals surface area contributed by atoms with Gasteiger partial charge in [0.1, 0.15) is 0 Å². The fourth-order valence-corrected chi connectivity index (χ4v) is 6.24. The molecule has 3 aromatic rings. The van der Waals surface area contributed by atoms with Crippen LogP contribution in [0.25, 0.3) is 11.2 Å². The highest BCUT2D eigenvalue weighted by atomic mass is 16.6. The molecular formula is C30H39N7O3. The second-order valence-corrected chi connectivity index (χ2v) is 11.1. The van der Waals surface area contributed by atoms with Crippen molar-refractivity contribution in [2.45, 2.75) is 45.4 Å². The Balaban J connectivity index is 1.10. The number of nitrogens with one attached hydrogen (secondary N) is 2. The summed E-state index contributed by atoms with van der Waals surface area (Å²) in [6.45, 7) is 7.54. The van der Waals surface area contributed by atoms with Crippen LogP contribution in [0.2, 0.25) is 0 Å². The van der Waals surface area contributed by atoms with Gasteiger partial charge in [0.15, 0.2) is 5.65 Å². The molecule has 0 bridgehead atoms. The summed E-state index contributed by atoms with van der Waals surface area (Å²) >= 11 is 0. The first-order chi connectivity index (χ1) is 19.5. The van der Waals surface area contributed by atoms with Crippen molar-refractivity contribution in [3.8, 4) is 0 Å². The van der Waals surface area contributed by atoms with Crippen LogP contribution in [0, 0.1) is 5.41 Å². The molecule has 10 nitrogen and oxygen atoms in total. The molecule has 10 heteroatoms. The van der Waals surface area contributed by atoms with Gasteiger partial charge in [-0.2, -0.15) is 4.98 Å². The third kappa shape index (κ3) is 5.62. The highest BCUT2D eigenvalue weighted by Crippen LogP contribution is 2.39. The maximum atomic E-state index is 13.2. The fourth-order valence-electron chi connectivity index (χ4n) is 6.24. The lowest BCUT2D eigenvalue weighted by Gasteiger charge is -2.44. The Kier molecular flexibility index (Phi) is 7.84. The zero-order chi connectivity index (χ0) is 27.5. The van der Waals surface area contributed by atoms with Crippen LogP contribution in [0.1, 0.15) is 54.9 Å². The number of rotatable bonds is 7. The van der Waals surface area contributed by atoms with Gasteiger partial charge in [0.25, 0.3) is 5.91 Å². The topological polar surface area (TPSA) is 107 Å². The van der Waals surface area contributed by atoms with Gasteiger partial charge in [-0.05, 0) is 99.5 Å². The number of likely N-dealkylation sites (tertiary alicyclic amines) is 1. The number of anilines is 2. The molecule has 3 N–H and O–H groups in total. The number of aliphatic hydroxyl groups is 1. The van der Waals surface area contributed by atoms with Gasteiger partial charge in [-0.3, -0.25) is 9.69 Å². The lowest BCUT2D eigenvalue weighted by atomic mass is 9.71. The average Bonchev–Trinajstić information content (AvgIpc) is 3.41. The normalized spacial score (nSPS) is 20.4. The van der Waals surface area contributed by atoms with Gasteiger partial charge in [-0.15, -0.1) is 5.10 Å². The average molecular weight is 546 g/mol. The summed E-state index contributed by atoms with van der Waals surface area (Å²) in [5, 5.41) is 21.5. The van der Waals surface area contributed by atoms with Crippen molar-refractivity contribution in [2.75, 3.05) is 51.2 Å². The molecule has 0 saturated carbocycles. The highest BCUT2D eigenvalue weighted by Gasteiger charge is 2.36. The van der Waals surface area contributed by atoms with Crippen molar-refractivity contribution >= 4 is 28.8 Å². The van der Waals surface area contributed by atoms with E-state index in [1.807, 2.05) is 53.3 Å². The SMILES string of the molecule is CCOC(O)N1CC=C(c2cccn3nc(Nc4ccc(C(=O)N5CCC6(CCNCC6)CC5)cc4)nc23)CC1. The minimum Gasteiger partial charge on any atom is -0.356 e. The van der Waals surface area contributed by atoms with Gasteiger partial charge in [0, 0.05) is 55.8 Å². The van der Waals surface area contributed by atoms with Gasteiger partial charge in [-0.25, -0.2) is 4.52 Å². The molecule has 1 spiro atoms. The Hall–Kier alpha value is -3.31. The molecule has 6 rings (SSSR count). The molecular weight excluding hydrogens is 506 g/mol. The first-order valence-electron chi connectivity index (χ1n) is 14.5. The second-order valence-electron chi connectivity index (χ2n) is 11.1. The number of benzene rings is 1. The number of amides is 1. The molecule has 0 radical (unpaired) electrons. The van der Waals surface area contributed by atoms with E-state index in [-0.39, 0.29) is 5.91 Å². The minimum absolute atomic E-state index is 0.110. The van der Waals surface area contributed by atoms with Crippen LogP contribution in [0.4, 0.5) is 11.6 Å². The molecule has 3 aliphatic heterocycles. The smallest absolute Gasteiger partial charge is 0.253 e. The number of pyridine rings is 1. The van der Waals surface area contributed by atoms with Crippen LogP contribution < -0.4 is 10.6 Å². The lowest BCUT2D eigenvalue weighted by Crippen LogP contribution is -2.47. The van der Waals surface area contributed by atoms with Crippen LogP contribution >= 0.6 is 0 Å². The first kappa shape index (κ1) is 26.9. The molecule has 1 aromatic carbocycles. The number of hydrogen-bond donors (Lipinski definition) is 3. The number of piperidine rings is 2. The zero-order valence-electron chi connectivity index (χ0n) is 23.2. The van der Waals surface area contributed by atoms with Crippen molar-refractivity contribution in [1.29, 1.82) is 0 Å². The molecule has 2 saturated heterocycles. The Morgan fingerprint density at radius 3 is 2.60 bits per heavy atom. The molecule has 212 valence electrons. The third-order valence-corrected chi connectivity index (χ3v) is 8.74. The predicted octanol–water partition coefficient (Wildman–Crippen LogP) is 3.48. The van der Waals surface area contributed by atoms with E-state index >= 15 is 0 Å². The third-order valence-electron chi connectivity index (χ3n) is 8.74. The van der Waals surface area contributed by atoms with E-state index in [0.29, 0.717) is 36.6 Å². The molecule has 1 unspecified atom stereocenters. The minimum atomic E-state index is -0.879. The lowest BCUT2D eigenvalue weighted by molar-refractivity contribution is -0.187. The van der Waals surface area contributed by atoms with Crippen LogP contribution in [0.15, 0.2) is 48.7 Å². The number of hydrogen-bond acceptors (Lipinski definition) is 8. The van der Waals surface area contributed by atoms with Crippen molar-refractivity contribution < 1.29 is 14.6 Å². The molecule has 5 heterocycles. The molecule has 1 atom stereocenters. The summed E-state index contributed by atoms with van der Waals surface area (Å²) in [7, 11) is 0. The number of carbonyl (C=O) groups excluding carboxylic acids is 1. The van der Waals surface area contributed by atoms with Crippen molar-refractivity contribution in [1.82, 2.24) is 29.7 Å². The van der Waals surface area contributed by atoms with Gasteiger partial charge in [0.2, 0.25) is 12.4 Å². The van der Waals surface area contributed by atoms with E-state index in [4.69, 9.17) is 9.72 Å². The van der Waals surface area contributed by atoms with E-state index in [1.54, 1.807) is 4.52 Å². The van der Waals surface area contributed by atoms with Crippen LogP contribution in [-0.2, 0) is 4.74 Å². The number of ether oxygens (including phenoxy) is 1. The Morgan fingerprint density at radius 2 is 1.90 bits per heavy atom. The number of aliphatic hydroxyl groups excluding tert-OH is 1. The summed E-state index contributed by atoms with van der Waals surface area (Å²) in [6.07, 6.45) is 8.57. The Labute approximate surface area is 235 Å². The molecule has 40 heavy (non-hydrogen) atoms. The maximum absolute atomic E-state index is 13.2. The number of nitrogens with zero attached hydrogens (tertiary/aromatic N) is 5. The highest BCUT2D eigenvalue weighted by molar-refractivity contribution is 5.94. The van der Waals surface area contributed by atoms with Crippen molar-refractivity contribution in [3.63, 3.8) is 0 Å². The quantitative estimate of drug-likeness (QED) is 0.388. The van der Waals surface area contributed by atoms with Crippen molar-refractivity contribution in [2.24, 2.45) is 5.41 Å². The maximum Gasteiger partial charge on any atom is 0.253 e. The first-order valence-corrected chi connectivity index (χ1v) is 14.5. The fraction of sp³-hybridized carbons (Fsp3) is 0.500. The number of aromatic nitrogens is 3. The molecule has 2 aromatic heterocycles. The van der Waals surface area contributed by atoms with E-state index in [1.165, 1.54) is 18.4 Å². The summed E-state index contributed by atoms with van der Waals surface area (Å²) < 4.78 is 7.10. The summed E-state index contributed by atoms with van der Waals surface area (Å²) in [5.41, 5.74) is 4.96. The zero-order valence-corrected chi connectivity index (χ0v) is 23.2. The summed E-state index contributed by atoms with van der Waals surface area (Å²) in [5.74, 6) is 0.610. The molecule has 1 amide bonds. The van der Waals surface area contributed by atoms with Crippen molar-refractivity contribution in [3.05, 3.63) is 59.8 Å². The molecule has 2 fully saturated rings. The van der Waals surface area contributed by atoms with Gasteiger partial charge >= 0.3 is 0 Å². The van der Waals surface area contributed by atoms with Gasteiger partial charge in [0.05, 0.1) is 0 Å². The van der Waals surface area contributed by atoms with Crippen LogP contribution in [0.5, 0.6) is 0 Å².